The molecule has 1 unspecified atom stereocenters. The number of para-hydroxylation sites is 1. The average Bonchev–Trinajstić information content (AvgIpc) is 2.44. The largest absolute Gasteiger partial charge is 0.489 e. The first-order chi connectivity index (χ1) is 9.78. The summed E-state index contributed by atoms with van der Waals surface area (Å²) in [5.41, 5.74) is -0.355. The number of carbonyl (C=O) groups is 1. The van der Waals surface area contributed by atoms with Crippen molar-refractivity contribution in [3.05, 3.63) is 30.3 Å². The van der Waals surface area contributed by atoms with Crippen LogP contribution in [0.2, 0.25) is 0 Å². The lowest BCUT2D eigenvalue weighted by Crippen LogP contribution is -2.48. The van der Waals surface area contributed by atoms with Gasteiger partial charge in [-0.1, -0.05) is 52.8 Å². The molecule has 118 valence electrons. The third-order valence-corrected chi connectivity index (χ3v) is 4.52. The van der Waals surface area contributed by atoms with Crippen molar-refractivity contribution in [2.75, 3.05) is 6.54 Å². The summed E-state index contributed by atoms with van der Waals surface area (Å²) in [6.07, 6.45) is -0.0556. The molecule has 0 saturated carbocycles. The van der Waals surface area contributed by atoms with Gasteiger partial charge in [0.15, 0.2) is 0 Å². The normalized spacial score (nSPS) is 13.3. The highest BCUT2D eigenvalue weighted by atomic mass is 16.5. The fraction of sp³-hybridized carbons (Fsp3) is 0.611. The van der Waals surface area contributed by atoms with Crippen LogP contribution in [0.15, 0.2) is 30.3 Å². The van der Waals surface area contributed by atoms with Gasteiger partial charge in [0.05, 0.1) is 12.0 Å². The summed E-state index contributed by atoms with van der Waals surface area (Å²) >= 11 is 0. The number of carbonyl (C=O) groups excluding carboxylic acids is 1. The van der Waals surface area contributed by atoms with E-state index in [1.165, 1.54) is 0 Å². The van der Waals surface area contributed by atoms with E-state index < -0.39 is 0 Å². The predicted molar refractivity (Wildman–Crippen MR) is 87.3 cm³/mol. The molecule has 0 aliphatic carbocycles. The minimum atomic E-state index is -0.355. The van der Waals surface area contributed by atoms with Crippen molar-refractivity contribution in [1.29, 1.82) is 0 Å². The van der Waals surface area contributed by atoms with Crippen molar-refractivity contribution in [2.45, 2.75) is 47.6 Å². The third kappa shape index (κ3) is 4.48. The Morgan fingerprint density at radius 3 is 2.10 bits per heavy atom. The van der Waals surface area contributed by atoms with E-state index in [4.69, 9.17) is 4.74 Å². The summed E-state index contributed by atoms with van der Waals surface area (Å²) in [6.45, 7) is 12.9. The Kier molecular flexibility index (Phi) is 6.25. The van der Waals surface area contributed by atoms with Crippen molar-refractivity contribution in [3.63, 3.8) is 0 Å². The number of rotatable bonds is 7. The molecule has 0 fully saturated rings. The Labute approximate surface area is 129 Å². The van der Waals surface area contributed by atoms with Crippen LogP contribution in [0.4, 0.5) is 0 Å². The van der Waals surface area contributed by atoms with Gasteiger partial charge in [-0.15, -0.1) is 0 Å². The molecule has 0 saturated heterocycles. The quantitative estimate of drug-likeness (QED) is 0.827. The molecule has 21 heavy (non-hydrogen) atoms. The first-order valence-electron chi connectivity index (χ1n) is 7.78. The molecule has 0 aliphatic rings. The van der Waals surface area contributed by atoms with Gasteiger partial charge in [-0.05, 0) is 30.9 Å². The number of hydrogen-bond donors (Lipinski definition) is 1. The third-order valence-electron chi connectivity index (χ3n) is 4.52. The van der Waals surface area contributed by atoms with Crippen LogP contribution in [0.3, 0.4) is 0 Å². The molecular formula is C18H29NO2. The summed E-state index contributed by atoms with van der Waals surface area (Å²) in [7, 11) is 0. The smallest absolute Gasteiger partial charge is 0.226 e. The van der Waals surface area contributed by atoms with E-state index in [0.29, 0.717) is 18.4 Å². The van der Waals surface area contributed by atoms with Gasteiger partial charge in [0, 0.05) is 0 Å². The first-order valence-corrected chi connectivity index (χ1v) is 7.78. The van der Waals surface area contributed by atoms with E-state index in [-0.39, 0.29) is 17.4 Å². The average molecular weight is 291 g/mol. The molecule has 0 heterocycles. The summed E-state index contributed by atoms with van der Waals surface area (Å²) < 4.78 is 5.78. The molecule has 0 aromatic heterocycles. The summed E-state index contributed by atoms with van der Waals surface area (Å²) in [4.78, 5) is 12.5. The van der Waals surface area contributed by atoms with Crippen molar-refractivity contribution in [2.24, 2.45) is 17.3 Å². The van der Waals surface area contributed by atoms with Gasteiger partial charge < -0.3 is 10.1 Å². The maximum Gasteiger partial charge on any atom is 0.226 e. The highest BCUT2D eigenvalue weighted by molar-refractivity contribution is 5.82. The van der Waals surface area contributed by atoms with Crippen molar-refractivity contribution >= 4 is 5.91 Å². The summed E-state index contributed by atoms with van der Waals surface area (Å²) in [5.74, 6) is 1.52. The Bertz CT molecular complexity index is 432. The van der Waals surface area contributed by atoms with E-state index in [1.807, 2.05) is 44.2 Å². The summed E-state index contributed by atoms with van der Waals surface area (Å²) in [6, 6.07) is 9.68. The fourth-order valence-corrected chi connectivity index (χ4v) is 2.39. The second-order valence-electron chi connectivity index (χ2n) is 6.54. The fourth-order valence-electron chi connectivity index (χ4n) is 2.39. The van der Waals surface area contributed by atoms with Crippen LogP contribution in [0.25, 0.3) is 0 Å². The van der Waals surface area contributed by atoms with Gasteiger partial charge in [-0.3, -0.25) is 4.79 Å². The van der Waals surface area contributed by atoms with Crippen LogP contribution in [0.1, 0.15) is 41.5 Å². The molecule has 1 rings (SSSR count). The molecule has 0 aliphatic heterocycles. The van der Waals surface area contributed by atoms with Gasteiger partial charge in [0.2, 0.25) is 5.91 Å². The Morgan fingerprint density at radius 1 is 1.10 bits per heavy atom. The van der Waals surface area contributed by atoms with Gasteiger partial charge in [-0.2, -0.15) is 0 Å². The molecule has 3 nitrogen and oxygen atoms in total. The maximum atomic E-state index is 12.5. The molecule has 1 atom stereocenters. The van der Waals surface area contributed by atoms with E-state index in [2.05, 4.69) is 33.0 Å². The van der Waals surface area contributed by atoms with Crippen LogP contribution in [0, 0.1) is 17.3 Å². The lowest BCUT2D eigenvalue weighted by atomic mass is 9.70. The monoisotopic (exact) mass is 291 g/mol. The second kappa shape index (κ2) is 7.48. The molecule has 1 amide bonds. The minimum absolute atomic E-state index is 0.0556. The molecule has 0 radical (unpaired) electrons. The minimum Gasteiger partial charge on any atom is -0.489 e. The molecule has 1 N–H and O–H groups in total. The molecule has 3 heteroatoms. The lowest BCUT2D eigenvalue weighted by Gasteiger charge is -2.36. The van der Waals surface area contributed by atoms with Gasteiger partial charge >= 0.3 is 0 Å². The number of ether oxygens (including phenoxy) is 1. The van der Waals surface area contributed by atoms with Crippen molar-refractivity contribution in [1.82, 2.24) is 5.32 Å². The number of hydrogen-bond acceptors (Lipinski definition) is 2. The van der Waals surface area contributed by atoms with Gasteiger partial charge in [0.1, 0.15) is 11.9 Å². The van der Waals surface area contributed by atoms with Crippen LogP contribution in [-0.4, -0.2) is 18.6 Å². The number of nitrogens with one attached hydrogen (secondary N) is 1. The van der Waals surface area contributed by atoms with Crippen molar-refractivity contribution in [3.8, 4) is 5.75 Å². The SMILES string of the molecule is CC(CNC(=O)C(C)(C(C)C)C(C)C)Oc1ccccc1. The van der Waals surface area contributed by atoms with Crippen LogP contribution in [0.5, 0.6) is 5.75 Å². The van der Waals surface area contributed by atoms with E-state index >= 15 is 0 Å². The Balaban J connectivity index is 2.55. The van der Waals surface area contributed by atoms with Gasteiger partial charge in [-0.25, -0.2) is 0 Å². The number of amides is 1. The molecule has 0 bridgehead atoms. The van der Waals surface area contributed by atoms with Crippen LogP contribution >= 0.6 is 0 Å². The Morgan fingerprint density at radius 2 is 1.62 bits per heavy atom. The van der Waals surface area contributed by atoms with E-state index in [0.717, 1.165) is 5.75 Å². The Hall–Kier alpha value is -1.51. The van der Waals surface area contributed by atoms with Crippen LogP contribution in [-0.2, 0) is 4.79 Å². The highest BCUT2D eigenvalue weighted by Crippen LogP contribution is 2.35. The molecule has 0 spiro atoms. The first kappa shape index (κ1) is 17.5. The van der Waals surface area contributed by atoms with Crippen LogP contribution < -0.4 is 10.1 Å². The molecule has 1 aromatic carbocycles. The molecular weight excluding hydrogens is 262 g/mol. The zero-order chi connectivity index (χ0) is 16.0. The topological polar surface area (TPSA) is 38.3 Å². The maximum absolute atomic E-state index is 12.5. The van der Waals surface area contributed by atoms with E-state index in [1.54, 1.807) is 0 Å². The summed E-state index contributed by atoms with van der Waals surface area (Å²) in [5, 5.41) is 3.04. The highest BCUT2D eigenvalue weighted by Gasteiger charge is 2.39. The second-order valence-corrected chi connectivity index (χ2v) is 6.54. The standard InChI is InChI=1S/C18H29NO2/c1-13(2)18(6,14(3)4)17(20)19-12-15(5)21-16-10-8-7-9-11-16/h7-11,13-15H,12H2,1-6H3,(H,19,20). The predicted octanol–water partition coefficient (Wildman–Crippen LogP) is 3.89. The zero-order valence-electron chi connectivity index (χ0n) is 14.1. The number of benzene rings is 1. The lowest BCUT2D eigenvalue weighted by molar-refractivity contribution is -0.135. The van der Waals surface area contributed by atoms with Gasteiger partial charge in [0.25, 0.3) is 0 Å². The zero-order valence-corrected chi connectivity index (χ0v) is 14.1. The van der Waals surface area contributed by atoms with E-state index in [9.17, 15) is 4.79 Å². The van der Waals surface area contributed by atoms with Crippen molar-refractivity contribution < 1.29 is 9.53 Å². The molecule has 1 aromatic rings.